The predicted octanol–water partition coefficient (Wildman–Crippen LogP) is 5.50. The maximum atomic E-state index is 14.0. The lowest BCUT2D eigenvalue weighted by Crippen LogP contribution is -2.32. The van der Waals surface area contributed by atoms with Gasteiger partial charge in [0.05, 0.1) is 12.7 Å². The van der Waals surface area contributed by atoms with Crippen molar-refractivity contribution in [3.63, 3.8) is 0 Å². The van der Waals surface area contributed by atoms with Crippen LogP contribution in [0.2, 0.25) is 0 Å². The third-order valence-corrected chi connectivity index (χ3v) is 5.00. The van der Waals surface area contributed by atoms with Crippen molar-refractivity contribution in [2.45, 2.75) is 32.0 Å². The number of rotatable bonds is 8. The maximum absolute atomic E-state index is 14.0. The van der Waals surface area contributed by atoms with E-state index in [9.17, 15) is 18.0 Å². The lowest BCUT2D eigenvalue weighted by molar-refractivity contribution is -0.0512. The minimum atomic E-state index is -2.97. The number of nitrogens with zero attached hydrogens (tertiary/aromatic N) is 1. The topological polar surface area (TPSA) is 51.9 Å². The lowest BCUT2D eigenvalue weighted by Gasteiger charge is -2.22. The summed E-state index contributed by atoms with van der Waals surface area (Å²) in [4.78, 5) is 14.8. The molecule has 0 spiro atoms. The third-order valence-electron chi connectivity index (χ3n) is 5.00. The van der Waals surface area contributed by atoms with Crippen LogP contribution in [0.4, 0.5) is 13.2 Å². The molecule has 0 atom stereocenters. The number of methoxy groups -OCH3 is 1. The Bertz CT molecular complexity index is 1080. The first-order valence-electron chi connectivity index (χ1n) is 9.73. The Morgan fingerprint density at radius 3 is 2.58 bits per heavy atom. The summed E-state index contributed by atoms with van der Waals surface area (Å²) in [6, 6.07) is 13.9. The fourth-order valence-corrected chi connectivity index (χ4v) is 3.35. The van der Waals surface area contributed by atoms with Gasteiger partial charge in [-0.25, -0.2) is 4.39 Å². The number of ether oxygens (including phenoxy) is 2. The number of alkyl halides is 2. The molecule has 0 bridgehead atoms. The minimum Gasteiger partial charge on any atom is -0.493 e. The van der Waals surface area contributed by atoms with E-state index in [0.717, 1.165) is 12.8 Å². The summed E-state index contributed by atoms with van der Waals surface area (Å²) in [5.74, 6) is -0.306. The van der Waals surface area contributed by atoms with E-state index in [4.69, 9.17) is 9.15 Å². The molecule has 1 saturated carbocycles. The number of amides is 1. The normalized spacial score (nSPS) is 13.3. The molecule has 1 aliphatic rings. The summed E-state index contributed by atoms with van der Waals surface area (Å²) in [7, 11) is 1.36. The van der Waals surface area contributed by atoms with Crippen LogP contribution in [0.3, 0.4) is 0 Å². The van der Waals surface area contributed by atoms with Crippen LogP contribution < -0.4 is 9.47 Å². The van der Waals surface area contributed by atoms with Crippen LogP contribution in [0.25, 0.3) is 11.3 Å². The van der Waals surface area contributed by atoms with Crippen molar-refractivity contribution in [3.05, 3.63) is 71.7 Å². The number of carbonyl (C=O) groups is 1. The molecule has 1 aromatic heterocycles. The smallest absolute Gasteiger partial charge is 0.387 e. The molecule has 2 aromatic carbocycles. The molecule has 31 heavy (non-hydrogen) atoms. The third kappa shape index (κ3) is 4.68. The van der Waals surface area contributed by atoms with Gasteiger partial charge in [0, 0.05) is 12.6 Å². The zero-order valence-electron chi connectivity index (χ0n) is 16.7. The molecular weight excluding hydrogens is 411 g/mol. The predicted molar refractivity (Wildman–Crippen MR) is 107 cm³/mol. The van der Waals surface area contributed by atoms with E-state index in [0.29, 0.717) is 5.56 Å². The largest absolute Gasteiger partial charge is 0.493 e. The van der Waals surface area contributed by atoms with Crippen LogP contribution in [0.5, 0.6) is 11.5 Å². The Morgan fingerprint density at radius 1 is 1.13 bits per heavy atom. The van der Waals surface area contributed by atoms with Gasteiger partial charge in [0.25, 0.3) is 5.91 Å². The van der Waals surface area contributed by atoms with Crippen LogP contribution in [-0.4, -0.2) is 30.6 Å². The highest BCUT2D eigenvalue weighted by Gasteiger charge is 2.34. The highest BCUT2D eigenvalue weighted by molar-refractivity contribution is 5.92. The Kier molecular flexibility index (Phi) is 5.88. The van der Waals surface area contributed by atoms with Gasteiger partial charge in [-0.3, -0.25) is 4.79 Å². The van der Waals surface area contributed by atoms with Crippen molar-refractivity contribution in [2.24, 2.45) is 0 Å². The second-order valence-electron chi connectivity index (χ2n) is 7.17. The molecule has 1 aliphatic carbocycles. The van der Waals surface area contributed by atoms with Gasteiger partial charge in [-0.05, 0) is 54.8 Å². The zero-order valence-corrected chi connectivity index (χ0v) is 16.7. The molecule has 1 heterocycles. The van der Waals surface area contributed by atoms with Gasteiger partial charge in [-0.15, -0.1) is 0 Å². The molecule has 0 radical (unpaired) electrons. The second kappa shape index (κ2) is 8.75. The van der Waals surface area contributed by atoms with Crippen LogP contribution in [0, 0.1) is 5.82 Å². The zero-order chi connectivity index (χ0) is 22.0. The maximum Gasteiger partial charge on any atom is 0.387 e. The summed E-state index contributed by atoms with van der Waals surface area (Å²) in [5.41, 5.74) is 0.971. The van der Waals surface area contributed by atoms with Crippen molar-refractivity contribution in [1.29, 1.82) is 0 Å². The Morgan fingerprint density at radius 2 is 1.90 bits per heavy atom. The van der Waals surface area contributed by atoms with E-state index in [-0.39, 0.29) is 47.1 Å². The van der Waals surface area contributed by atoms with Crippen LogP contribution in [0.1, 0.15) is 29.0 Å². The summed E-state index contributed by atoms with van der Waals surface area (Å²) >= 11 is 0. The van der Waals surface area contributed by atoms with Gasteiger partial charge in [0.15, 0.2) is 17.3 Å². The molecule has 1 fully saturated rings. The molecule has 1 amide bonds. The molecule has 5 nitrogen and oxygen atoms in total. The fraction of sp³-hybridized carbons (Fsp3) is 0.261. The molecule has 0 unspecified atom stereocenters. The summed E-state index contributed by atoms with van der Waals surface area (Å²) < 4.78 is 54.3. The molecule has 3 aromatic rings. The minimum absolute atomic E-state index is 0.0532. The average molecular weight is 431 g/mol. The Balaban J connectivity index is 1.55. The number of halogens is 3. The number of carbonyl (C=O) groups excluding carboxylic acids is 1. The first-order valence-corrected chi connectivity index (χ1v) is 9.73. The lowest BCUT2D eigenvalue weighted by atomic mass is 10.1. The first-order chi connectivity index (χ1) is 15.0. The van der Waals surface area contributed by atoms with E-state index < -0.39 is 12.4 Å². The highest BCUT2D eigenvalue weighted by atomic mass is 19.3. The summed E-state index contributed by atoms with van der Waals surface area (Å²) in [5, 5.41) is 0. The number of furan rings is 1. The summed E-state index contributed by atoms with van der Waals surface area (Å²) in [6.45, 7) is -2.73. The van der Waals surface area contributed by atoms with Gasteiger partial charge in [0.1, 0.15) is 11.6 Å². The van der Waals surface area contributed by atoms with Gasteiger partial charge in [0.2, 0.25) is 0 Å². The second-order valence-corrected chi connectivity index (χ2v) is 7.17. The van der Waals surface area contributed by atoms with E-state index in [1.165, 1.54) is 25.3 Å². The molecule has 0 saturated heterocycles. The molecule has 162 valence electrons. The number of benzene rings is 2. The van der Waals surface area contributed by atoms with E-state index >= 15 is 0 Å². The molecule has 0 aliphatic heterocycles. The monoisotopic (exact) mass is 431 g/mol. The number of hydrogen-bond donors (Lipinski definition) is 0. The standard InChI is InChI=1S/C23H20F3NO4/c1-29-21-12-14(6-9-19(21)31-23(25)26)13-27(15-7-8-15)22(28)20-11-10-18(30-20)16-4-2-3-5-17(16)24/h2-6,9-12,15,23H,7-8,13H2,1H3. The van der Waals surface area contributed by atoms with Crippen molar-refractivity contribution in [2.75, 3.05) is 7.11 Å². The van der Waals surface area contributed by atoms with Gasteiger partial charge >= 0.3 is 6.61 Å². The summed E-state index contributed by atoms with van der Waals surface area (Å²) in [6.07, 6.45) is 1.71. The quantitative estimate of drug-likeness (QED) is 0.473. The molecule has 0 N–H and O–H groups in total. The van der Waals surface area contributed by atoms with Gasteiger partial charge in [-0.1, -0.05) is 18.2 Å². The Hall–Kier alpha value is -3.42. The molecule has 4 rings (SSSR count). The van der Waals surface area contributed by atoms with Crippen molar-refractivity contribution < 1.29 is 31.9 Å². The average Bonchev–Trinajstić information content (AvgIpc) is 3.48. The van der Waals surface area contributed by atoms with Crippen molar-refractivity contribution in [1.82, 2.24) is 4.90 Å². The SMILES string of the molecule is COc1cc(CN(C(=O)c2ccc(-c3ccccc3F)o2)C2CC2)ccc1OC(F)F. The fourth-order valence-electron chi connectivity index (χ4n) is 3.35. The van der Waals surface area contributed by atoms with E-state index in [1.807, 2.05) is 0 Å². The van der Waals surface area contributed by atoms with Gasteiger partial charge in [-0.2, -0.15) is 8.78 Å². The number of hydrogen-bond acceptors (Lipinski definition) is 4. The van der Waals surface area contributed by atoms with Crippen molar-refractivity contribution >= 4 is 5.91 Å². The molecular formula is C23H20F3NO4. The van der Waals surface area contributed by atoms with Crippen LogP contribution in [0.15, 0.2) is 59.0 Å². The van der Waals surface area contributed by atoms with Crippen LogP contribution >= 0.6 is 0 Å². The first kappa shape index (κ1) is 20.8. The molecule has 8 heteroatoms. The highest BCUT2D eigenvalue weighted by Crippen LogP contribution is 2.34. The van der Waals surface area contributed by atoms with Crippen LogP contribution in [-0.2, 0) is 6.54 Å². The van der Waals surface area contributed by atoms with E-state index in [2.05, 4.69) is 4.74 Å². The van der Waals surface area contributed by atoms with Crippen molar-refractivity contribution in [3.8, 4) is 22.8 Å². The van der Waals surface area contributed by atoms with Gasteiger partial charge < -0.3 is 18.8 Å². The Labute approximate surface area is 177 Å². The van der Waals surface area contributed by atoms with E-state index in [1.54, 1.807) is 41.3 Å².